The first-order chi connectivity index (χ1) is 15.8. The summed E-state index contributed by atoms with van der Waals surface area (Å²) in [5.41, 5.74) is 0.667. The van der Waals surface area contributed by atoms with Crippen LogP contribution < -0.4 is 0 Å². The van der Waals surface area contributed by atoms with Gasteiger partial charge in [0, 0.05) is 37.0 Å². The van der Waals surface area contributed by atoms with Crippen molar-refractivity contribution in [3.63, 3.8) is 0 Å². The van der Waals surface area contributed by atoms with Crippen LogP contribution >= 0.6 is 24.0 Å². The van der Waals surface area contributed by atoms with E-state index in [0.29, 0.717) is 30.4 Å². The molecule has 0 radical (unpaired) electrons. The van der Waals surface area contributed by atoms with Crippen LogP contribution in [0.15, 0.2) is 53.8 Å². The highest BCUT2D eigenvalue weighted by Gasteiger charge is 2.38. The quantitative estimate of drug-likeness (QED) is 0.505. The number of piperidine rings is 1. The molecule has 3 aromatic rings. The van der Waals surface area contributed by atoms with E-state index in [1.54, 1.807) is 53.8 Å². The molecule has 0 N–H and O–H groups in total. The number of sulfone groups is 1. The molecule has 0 saturated carbocycles. The van der Waals surface area contributed by atoms with Crippen LogP contribution in [0, 0.1) is 11.8 Å². The Morgan fingerprint density at radius 2 is 1.79 bits per heavy atom. The van der Waals surface area contributed by atoms with Crippen molar-refractivity contribution in [2.45, 2.75) is 30.7 Å². The first-order valence-corrected chi connectivity index (χ1v) is 13.1. The molecule has 10 heteroatoms. The highest BCUT2D eigenvalue weighted by atomic mass is 35.5. The number of nitrogens with zero attached hydrogens (tertiary/aromatic N) is 3. The molecule has 1 aromatic heterocycles. The van der Waals surface area contributed by atoms with Gasteiger partial charge in [0.1, 0.15) is 5.69 Å². The fourth-order valence-electron chi connectivity index (χ4n) is 4.96. The number of Topliss-reactive ketones (excluding diaryl/α,β-unsaturated/α-hetero) is 1. The molecular formula is C24H25Cl2N3O4S. The van der Waals surface area contributed by atoms with E-state index in [1.165, 1.54) is 0 Å². The van der Waals surface area contributed by atoms with Gasteiger partial charge in [-0.3, -0.25) is 9.59 Å². The molecule has 0 spiro atoms. The number of carbonyl (C=O) groups is 2. The first-order valence-electron chi connectivity index (χ1n) is 11.1. The molecule has 0 bridgehead atoms. The maximum atomic E-state index is 12.8. The Morgan fingerprint density at radius 3 is 2.53 bits per heavy atom. The number of likely N-dealkylation sites (tertiary alicyclic amines) is 1. The van der Waals surface area contributed by atoms with E-state index >= 15 is 0 Å². The standard InChI is InChI=1S/C24H24ClN3O4S.ClH/c25-19-3-1-18-12-20(4-2-17(18)11-19)33(31,32)10-7-23(29)27-8-5-16(6-9-27)21-14-28-15-26-13-22(28)24(21)30;/h1-4,11-13,15-16,21H,5-10,14H2;1H. The van der Waals surface area contributed by atoms with Gasteiger partial charge in [0.2, 0.25) is 5.91 Å². The van der Waals surface area contributed by atoms with Gasteiger partial charge >= 0.3 is 0 Å². The largest absolute Gasteiger partial charge is 0.343 e. The minimum absolute atomic E-state index is 0. The van der Waals surface area contributed by atoms with Crippen LogP contribution in [0.2, 0.25) is 5.02 Å². The molecule has 1 amide bonds. The van der Waals surface area contributed by atoms with E-state index < -0.39 is 9.84 Å². The van der Waals surface area contributed by atoms with E-state index in [2.05, 4.69) is 4.98 Å². The second kappa shape index (κ2) is 9.68. The monoisotopic (exact) mass is 521 g/mol. The molecule has 0 aliphatic carbocycles. The van der Waals surface area contributed by atoms with Gasteiger partial charge < -0.3 is 9.47 Å². The van der Waals surface area contributed by atoms with Gasteiger partial charge in [-0.05, 0) is 53.8 Å². The van der Waals surface area contributed by atoms with Crippen molar-refractivity contribution in [1.29, 1.82) is 0 Å². The summed E-state index contributed by atoms with van der Waals surface area (Å²) >= 11 is 6.00. The summed E-state index contributed by atoms with van der Waals surface area (Å²) in [5.74, 6) is -0.0625. The number of hydrogen-bond donors (Lipinski definition) is 0. The number of benzene rings is 2. The van der Waals surface area contributed by atoms with Crippen LogP contribution in [0.5, 0.6) is 0 Å². The topological polar surface area (TPSA) is 89.3 Å². The molecule has 2 aromatic carbocycles. The van der Waals surface area contributed by atoms with E-state index in [4.69, 9.17) is 11.6 Å². The molecular weight excluding hydrogens is 497 g/mol. The van der Waals surface area contributed by atoms with E-state index in [0.717, 1.165) is 23.6 Å². The van der Waals surface area contributed by atoms with E-state index in [9.17, 15) is 18.0 Å². The van der Waals surface area contributed by atoms with Crippen molar-refractivity contribution in [2.24, 2.45) is 11.8 Å². The molecule has 5 rings (SSSR count). The smallest absolute Gasteiger partial charge is 0.223 e. The normalized spacial score (nSPS) is 18.7. The maximum Gasteiger partial charge on any atom is 0.223 e. The summed E-state index contributed by atoms with van der Waals surface area (Å²) in [6.45, 7) is 1.76. The maximum absolute atomic E-state index is 12.8. The third-order valence-corrected chi connectivity index (χ3v) is 8.82. The lowest BCUT2D eigenvalue weighted by Gasteiger charge is -2.34. The summed E-state index contributed by atoms with van der Waals surface area (Å²) in [5, 5.41) is 2.25. The lowest BCUT2D eigenvalue weighted by molar-refractivity contribution is -0.132. The van der Waals surface area contributed by atoms with E-state index in [-0.39, 0.29) is 53.0 Å². The van der Waals surface area contributed by atoms with Gasteiger partial charge in [0.05, 0.1) is 23.2 Å². The van der Waals surface area contributed by atoms with Crippen LogP contribution in [0.25, 0.3) is 10.8 Å². The Bertz CT molecular complexity index is 1350. The van der Waals surface area contributed by atoms with Crippen LogP contribution in [0.4, 0.5) is 0 Å². The molecule has 2 aliphatic heterocycles. The van der Waals surface area contributed by atoms with Gasteiger partial charge in [0.25, 0.3) is 0 Å². The summed E-state index contributed by atoms with van der Waals surface area (Å²) in [6.07, 6.45) is 4.76. The zero-order valence-electron chi connectivity index (χ0n) is 18.4. The number of ketones is 1. The highest BCUT2D eigenvalue weighted by molar-refractivity contribution is 7.91. The second-order valence-electron chi connectivity index (χ2n) is 8.84. The van der Waals surface area contributed by atoms with Crippen molar-refractivity contribution < 1.29 is 18.0 Å². The Kier molecular flexibility index (Phi) is 7.03. The van der Waals surface area contributed by atoms with Crippen LogP contribution in [0.1, 0.15) is 29.8 Å². The number of imidazole rings is 1. The van der Waals surface area contributed by atoms with Crippen LogP contribution in [-0.4, -0.2) is 53.4 Å². The summed E-state index contributed by atoms with van der Waals surface area (Å²) in [6, 6.07) is 10.2. The van der Waals surface area contributed by atoms with Gasteiger partial charge in [-0.1, -0.05) is 23.7 Å². The van der Waals surface area contributed by atoms with Gasteiger partial charge in [-0.25, -0.2) is 13.4 Å². The average molecular weight is 522 g/mol. The molecule has 1 fully saturated rings. The van der Waals surface area contributed by atoms with Crippen LogP contribution in [-0.2, 0) is 21.2 Å². The number of rotatable bonds is 5. The summed E-state index contributed by atoms with van der Waals surface area (Å²) in [7, 11) is -3.58. The van der Waals surface area contributed by atoms with Crippen molar-refractivity contribution in [3.05, 3.63) is 59.6 Å². The molecule has 1 unspecified atom stereocenters. The number of halogens is 2. The van der Waals surface area contributed by atoms with Crippen molar-refractivity contribution in [2.75, 3.05) is 18.8 Å². The van der Waals surface area contributed by atoms with E-state index in [1.807, 2.05) is 4.57 Å². The predicted octanol–water partition coefficient (Wildman–Crippen LogP) is 4.03. The molecule has 3 heterocycles. The fourth-order valence-corrected chi connectivity index (χ4v) is 6.40. The Morgan fingerprint density at radius 1 is 1.09 bits per heavy atom. The fraction of sp³-hybridized carbons (Fsp3) is 0.375. The molecule has 1 atom stereocenters. The van der Waals surface area contributed by atoms with Gasteiger partial charge in [-0.2, -0.15) is 0 Å². The molecule has 180 valence electrons. The summed E-state index contributed by atoms with van der Waals surface area (Å²) < 4.78 is 27.6. The summed E-state index contributed by atoms with van der Waals surface area (Å²) in [4.78, 5) is 31.3. The average Bonchev–Trinajstić information content (AvgIpc) is 3.40. The Hall–Kier alpha value is -2.42. The van der Waals surface area contributed by atoms with Crippen molar-refractivity contribution >= 4 is 56.3 Å². The zero-order valence-corrected chi connectivity index (χ0v) is 20.8. The number of carbonyl (C=O) groups excluding carboxylic acids is 2. The number of fused-ring (bicyclic) bond motifs is 2. The van der Waals surface area contributed by atoms with Crippen molar-refractivity contribution in [1.82, 2.24) is 14.5 Å². The molecule has 7 nitrogen and oxygen atoms in total. The molecule has 2 aliphatic rings. The second-order valence-corrected chi connectivity index (χ2v) is 11.4. The lowest BCUT2D eigenvalue weighted by atomic mass is 9.82. The number of amides is 1. The third kappa shape index (κ3) is 4.72. The third-order valence-electron chi connectivity index (χ3n) is 6.87. The Labute approximate surface area is 209 Å². The minimum atomic E-state index is -3.58. The Balaban J connectivity index is 0.00000274. The minimum Gasteiger partial charge on any atom is -0.343 e. The molecule has 34 heavy (non-hydrogen) atoms. The first kappa shape index (κ1) is 24.7. The SMILES string of the molecule is Cl.O=C1c2cncn2CC1C1CCN(C(=O)CCS(=O)(=O)c2ccc3cc(Cl)ccc3c2)CC1. The number of aromatic nitrogens is 2. The van der Waals surface area contributed by atoms with Crippen LogP contribution in [0.3, 0.4) is 0 Å². The van der Waals surface area contributed by atoms with Gasteiger partial charge in [0.15, 0.2) is 15.6 Å². The van der Waals surface area contributed by atoms with Crippen molar-refractivity contribution in [3.8, 4) is 0 Å². The predicted molar refractivity (Wildman–Crippen MR) is 132 cm³/mol. The lowest BCUT2D eigenvalue weighted by Crippen LogP contribution is -2.41. The zero-order chi connectivity index (χ0) is 23.2. The highest BCUT2D eigenvalue weighted by Crippen LogP contribution is 2.33. The number of hydrogen-bond acceptors (Lipinski definition) is 5. The molecule has 1 saturated heterocycles. The van der Waals surface area contributed by atoms with Gasteiger partial charge in [-0.15, -0.1) is 12.4 Å².